The summed E-state index contributed by atoms with van der Waals surface area (Å²) >= 11 is 6.17. The van der Waals surface area contributed by atoms with Gasteiger partial charge in [0.2, 0.25) is 17.7 Å². The molecule has 2 aromatic rings. The summed E-state index contributed by atoms with van der Waals surface area (Å²) in [7, 11) is 0. The van der Waals surface area contributed by atoms with Crippen LogP contribution in [0.2, 0.25) is 5.02 Å². The lowest BCUT2D eigenvalue weighted by molar-refractivity contribution is -0.129. The SMILES string of the molecule is NC(=O)C(CNC(=O)C1(c2ccccc2)CNC(=O)C1)Cc1ccccc1Cl. The summed E-state index contributed by atoms with van der Waals surface area (Å²) < 4.78 is 0. The van der Waals surface area contributed by atoms with Crippen molar-refractivity contribution in [2.75, 3.05) is 13.1 Å². The molecule has 1 fully saturated rings. The lowest BCUT2D eigenvalue weighted by Gasteiger charge is -2.27. The average molecular weight is 400 g/mol. The van der Waals surface area contributed by atoms with Crippen LogP contribution in [0.4, 0.5) is 0 Å². The fraction of sp³-hybridized carbons (Fsp3) is 0.286. The molecule has 7 heteroatoms. The second kappa shape index (κ2) is 8.44. The van der Waals surface area contributed by atoms with Crippen molar-refractivity contribution >= 4 is 29.3 Å². The van der Waals surface area contributed by atoms with Crippen LogP contribution in [0, 0.1) is 5.92 Å². The van der Waals surface area contributed by atoms with Gasteiger partial charge in [-0.3, -0.25) is 14.4 Å². The van der Waals surface area contributed by atoms with Gasteiger partial charge in [-0.2, -0.15) is 0 Å². The summed E-state index contributed by atoms with van der Waals surface area (Å²) in [6.45, 7) is 0.287. The molecule has 1 saturated heterocycles. The smallest absolute Gasteiger partial charge is 0.233 e. The van der Waals surface area contributed by atoms with Crippen LogP contribution >= 0.6 is 11.6 Å². The number of halogens is 1. The van der Waals surface area contributed by atoms with Crippen LogP contribution in [0.1, 0.15) is 17.5 Å². The number of benzene rings is 2. The Hall–Kier alpha value is -2.86. The van der Waals surface area contributed by atoms with E-state index in [9.17, 15) is 14.4 Å². The quantitative estimate of drug-likeness (QED) is 0.658. The van der Waals surface area contributed by atoms with Gasteiger partial charge >= 0.3 is 0 Å². The highest BCUT2D eigenvalue weighted by molar-refractivity contribution is 6.31. The molecule has 146 valence electrons. The van der Waals surface area contributed by atoms with Crippen LogP contribution in [-0.4, -0.2) is 30.8 Å². The summed E-state index contributed by atoms with van der Waals surface area (Å²) in [4.78, 5) is 36.9. The summed E-state index contributed by atoms with van der Waals surface area (Å²) in [6, 6.07) is 16.4. The molecule has 0 spiro atoms. The Kier molecular flexibility index (Phi) is 5.99. The Bertz CT molecular complexity index is 887. The maximum absolute atomic E-state index is 13.1. The third-order valence-corrected chi connectivity index (χ3v) is 5.51. The topological polar surface area (TPSA) is 101 Å². The highest BCUT2D eigenvalue weighted by Crippen LogP contribution is 2.31. The van der Waals surface area contributed by atoms with Gasteiger partial charge in [-0.25, -0.2) is 0 Å². The number of rotatable bonds is 7. The van der Waals surface area contributed by atoms with Gasteiger partial charge in [-0.1, -0.05) is 60.1 Å². The zero-order valence-corrected chi connectivity index (χ0v) is 16.0. The maximum Gasteiger partial charge on any atom is 0.233 e. The van der Waals surface area contributed by atoms with E-state index in [0.717, 1.165) is 11.1 Å². The van der Waals surface area contributed by atoms with Gasteiger partial charge < -0.3 is 16.4 Å². The largest absolute Gasteiger partial charge is 0.369 e. The number of primary amides is 1. The molecule has 2 aromatic carbocycles. The number of hydrogen-bond acceptors (Lipinski definition) is 3. The molecule has 1 aliphatic heterocycles. The van der Waals surface area contributed by atoms with Crippen molar-refractivity contribution in [3.63, 3.8) is 0 Å². The van der Waals surface area contributed by atoms with Crippen molar-refractivity contribution < 1.29 is 14.4 Å². The predicted octanol–water partition coefficient (Wildman–Crippen LogP) is 1.56. The minimum Gasteiger partial charge on any atom is -0.369 e. The molecule has 0 saturated carbocycles. The predicted molar refractivity (Wildman–Crippen MR) is 107 cm³/mol. The molecule has 28 heavy (non-hydrogen) atoms. The number of nitrogens with two attached hydrogens (primary N) is 1. The maximum atomic E-state index is 13.1. The van der Waals surface area contributed by atoms with E-state index in [1.165, 1.54) is 0 Å². The highest BCUT2D eigenvalue weighted by atomic mass is 35.5. The molecule has 0 bridgehead atoms. The number of carbonyl (C=O) groups excluding carboxylic acids is 3. The van der Waals surface area contributed by atoms with Crippen LogP contribution in [0.3, 0.4) is 0 Å². The highest BCUT2D eigenvalue weighted by Gasteiger charge is 2.46. The first-order valence-corrected chi connectivity index (χ1v) is 9.43. The van der Waals surface area contributed by atoms with Crippen LogP contribution in [0.15, 0.2) is 54.6 Å². The van der Waals surface area contributed by atoms with E-state index in [4.69, 9.17) is 17.3 Å². The average Bonchev–Trinajstić information content (AvgIpc) is 3.10. The van der Waals surface area contributed by atoms with Gasteiger partial charge in [0.15, 0.2) is 0 Å². The molecule has 6 nitrogen and oxygen atoms in total. The minimum absolute atomic E-state index is 0.0641. The molecule has 3 rings (SSSR count). The van der Waals surface area contributed by atoms with E-state index in [-0.39, 0.29) is 31.3 Å². The molecule has 1 heterocycles. The van der Waals surface area contributed by atoms with Crippen molar-refractivity contribution in [1.29, 1.82) is 0 Å². The van der Waals surface area contributed by atoms with E-state index in [1.54, 1.807) is 12.1 Å². The Morgan fingerprint density at radius 1 is 1.14 bits per heavy atom. The van der Waals surface area contributed by atoms with Crippen molar-refractivity contribution in [3.8, 4) is 0 Å². The van der Waals surface area contributed by atoms with Crippen molar-refractivity contribution in [2.24, 2.45) is 11.7 Å². The zero-order chi connectivity index (χ0) is 20.1. The molecule has 3 amide bonds. The summed E-state index contributed by atoms with van der Waals surface area (Å²) in [5.41, 5.74) is 6.09. The molecule has 1 aliphatic rings. The molecular weight excluding hydrogens is 378 g/mol. The molecule has 2 atom stereocenters. The van der Waals surface area contributed by atoms with Gasteiger partial charge in [0.25, 0.3) is 0 Å². The van der Waals surface area contributed by atoms with E-state index in [2.05, 4.69) is 10.6 Å². The normalized spacial score (nSPS) is 19.7. The summed E-state index contributed by atoms with van der Waals surface area (Å²) in [5, 5.41) is 6.12. The standard InChI is InChI=1S/C21H22ClN3O3/c22-17-9-5-4-6-14(17)10-15(19(23)27)12-24-20(28)21(11-18(26)25-13-21)16-7-2-1-3-8-16/h1-9,15H,10-13H2,(H2,23,27)(H,24,28)(H,25,26). The lowest BCUT2D eigenvalue weighted by atomic mass is 9.78. The number of carbonyl (C=O) groups is 3. The Morgan fingerprint density at radius 3 is 2.43 bits per heavy atom. The van der Waals surface area contributed by atoms with Gasteiger partial charge in [0.05, 0.1) is 11.3 Å². The number of amides is 3. The second-order valence-corrected chi connectivity index (χ2v) is 7.41. The van der Waals surface area contributed by atoms with Crippen molar-refractivity contribution in [3.05, 3.63) is 70.7 Å². The Labute approximate surface area is 168 Å². The third-order valence-electron chi connectivity index (χ3n) is 5.15. The second-order valence-electron chi connectivity index (χ2n) is 7.01. The summed E-state index contributed by atoms with van der Waals surface area (Å²) in [5.74, 6) is -1.61. The summed E-state index contributed by atoms with van der Waals surface area (Å²) in [6.07, 6.45) is 0.388. The van der Waals surface area contributed by atoms with E-state index < -0.39 is 17.2 Å². The first-order valence-electron chi connectivity index (χ1n) is 9.05. The van der Waals surface area contributed by atoms with E-state index in [1.807, 2.05) is 42.5 Å². The van der Waals surface area contributed by atoms with Crippen molar-refractivity contribution in [2.45, 2.75) is 18.3 Å². The number of hydrogen-bond donors (Lipinski definition) is 3. The molecular formula is C21H22ClN3O3. The first-order chi connectivity index (χ1) is 13.4. The molecule has 4 N–H and O–H groups in total. The Morgan fingerprint density at radius 2 is 1.82 bits per heavy atom. The molecule has 0 aromatic heterocycles. The van der Waals surface area contributed by atoms with E-state index in [0.29, 0.717) is 11.4 Å². The molecule has 0 radical (unpaired) electrons. The van der Waals surface area contributed by atoms with Gasteiger partial charge in [0.1, 0.15) is 0 Å². The monoisotopic (exact) mass is 399 g/mol. The molecule has 0 aliphatic carbocycles. The van der Waals surface area contributed by atoms with Gasteiger partial charge in [0, 0.05) is 24.5 Å². The van der Waals surface area contributed by atoms with Crippen molar-refractivity contribution in [1.82, 2.24) is 10.6 Å². The van der Waals surface area contributed by atoms with Gasteiger partial charge in [-0.15, -0.1) is 0 Å². The van der Waals surface area contributed by atoms with Crippen LogP contribution in [-0.2, 0) is 26.2 Å². The third kappa shape index (κ3) is 4.17. The van der Waals surface area contributed by atoms with Gasteiger partial charge in [-0.05, 0) is 23.6 Å². The van der Waals surface area contributed by atoms with Crippen LogP contribution < -0.4 is 16.4 Å². The van der Waals surface area contributed by atoms with Crippen LogP contribution in [0.25, 0.3) is 0 Å². The number of nitrogens with one attached hydrogen (secondary N) is 2. The Balaban J connectivity index is 1.75. The fourth-order valence-corrected chi connectivity index (χ4v) is 3.70. The van der Waals surface area contributed by atoms with Crippen LogP contribution in [0.5, 0.6) is 0 Å². The fourth-order valence-electron chi connectivity index (χ4n) is 3.49. The minimum atomic E-state index is -0.995. The zero-order valence-electron chi connectivity index (χ0n) is 15.3. The first kappa shape index (κ1) is 19.9. The molecule has 2 unspecified atom stereocenters. The van der Waals surface area contributed by atoms with E-state index >= 15 is 0 Å². The lowest BCUT2D eigenvalue weighted by Crippen LogP contribution is -2.48.